The molecule has 0 aliphatic carbocycles. The normalized spacial score (nSPS) is 18.7. The van der Waals surface area contributed by atoms with E-state index in [1.165, 1.54) is 24.8 Å². The molecular formula is C14H12ClF3N4O2. The fourth-order valence-corrected chi connectivity index (χ4v) is 2.63. The molecule has 1 atom stereocenters. The summed E-state index contributed by atoms with van der Waals surface area (Å²) in [7, 11) is 0. The van der Waals surface area contributed by atoms with E-state index in [-0.39, 0.29) is 23.7 Å². The molecule has 6 nitrogen and oxygen atoms in total. The Morgan fingerprint density at radius 1 is 1.29 bits per heavy atom. The molecule has 1 aromatic heterocycles. The molecule has 1 fully saturated rings. The number of carbonyl (C=O) groups excluding carboxylic acids is 1. The minimum atomic E-state index is -4.51. The van der Waals surface area contributed by atoms with Crippen LogP contribution >= 0.6 is 11.6 Å². The zero-order valence-electron chi connectivity index (χ0n) is 12.2. The van der Waals surface area contributed by atoms with Crippen molar-refractivity contribution >= 4 is 17.5 Å². The van der Waals surface area contributed by atoms with Gasteiger partial charge in [0.15, 0.2) is 6.10 Å². The molecule has 3 rings (SSSR count). The van der Waals surface area contributed by atoms with Gasteiger partial charge in [-0.2, -0.15) is 13.2 Å². The van der Waals surface area contributed by atoms with Crippen LogP contribution in [-0.4, -0.2) is 57.5 Å². The second kappa shape index (κ2) is 6.40. The van der Waals surface area contributed by atoms with Gasteiger partial charge >= 0.3 is 6.18 Å². The first-order valence-corrected chi connectivity index (χ1v) is 7.36. The standard InChI is InChI=1S/C14H12ClF3N4O2/c15-11-5-9(22-7-19-20-8-22)1-2-10(11)13(23)21-3-4-24-12(6-21)14(16,17)18/h1-2,5,7-8,12H,3-4,6H2/t12-/m1/s1. The number of halogens is 4. The lowest BCUT2D eigenvalue weighted by molar-refractivity contribution is -0.233. The van der Waals surface area contributed by atoms with Crippen molar-refractivity contribution in [2.24, 2.45) is 0 Å². The number of amides is 1. The second-order valence-electron chi connectivity index (χ2n) is 5.19. The predicted molar refractivity (Wildman–Crippen MR) is 78.1 cm³/mol. The van der Waals surface area contributed by atoms with Crippen LogP contribution in [0.15, 0.2) is 30.9 Å². The number of aromatic nitrogens is 3. The van der Waals surface area contributed by atoms with Crippen LogP contribution in [0.4, 0.5) is 13.2 Å². The van der Waals surface area contributed by atoms with Crippen molar-refractivity contribution < 1.29 is 22.7 Å². The van der Waals surface area contributed by atoms with E-state index in [1.54, 1.807) is 10.6 Å². The van der Waals surface area contributed by atoms with Crippen molar-refractivity contribution in [2.75, 3.05) is 19.7 Å². The molecule has 2 heterocycles. The fourth-order valence-electron chi connectivity index (χ4n) is 2.37. The predicted octanol–water partition coefficient (Wildman–Crippen LogP) is 2.32. The maximum Gasteiger partial charge on any atom is 0.416 e. The molecule has 0 N–H and O–H groups in total. The Morgan fingerprint density at radius 2 is 2.00 bits per heavy atom. The number of ether oxygens (including phenoxy) is 1. The van der Waals surface area contributed by atoms with Gasteiger partial charge in [-0.05, 0) is 18.2 Å². The number of hydrogen-bond acceptors (Lipinski definition) is 4. The third kappa shape index (κ3) is 3.36. The molecule has 2 aromatic rings. The number of hydrogen-bond donors (Lipinski definition) is 0. The van der Waals surface area contributed by atoms with E-state index in [2.05, 4.69) is 14.9 Å². The molecule has 0 radical (unpaired) electrons. The molecule has 1 amide bonds. The van der Waals surface area contributed by atoms with Gasteiger partial charge in [0, 0.05) is 12.2 Å². The van der Waals surface area contributed by atoms with E-state index >= 15 is 0 Å². The summed E-state index contributed by atoms with van der Waals surface area (Å²) in [4.78, 5) is 13.6. The third-order valence-corrected chi connectivity index (χ3v) is 3.93. The first-order valence-electron chi connectivity index (χ1n) is 6.98. The second-order valence-corrected chi connectivity index (χ2v) is 5.59. The highest BCUT2D eigenvalue weighted by molar-refractivity contribution is 6.34. The Hall–Kier alpha value is -2.13. The van der Waals surface area contributed by atoms with Crippen LogP contribution in [0.25, 0.3) is 5.69 Å². The first kappa shape index (κ1) is 16.7. The Balaban J connectivity index is 1.80. The molecule has 0 saturated carbocycles. The topological polar surface area (TPSA) is 60.2 Å². The highest BCUT2D eigenvalue weighted by atomic mass is 35.5. The van der Waals surface area contributed by atoms with Crippen molar-refractivity contribution in [1.29, 1.82) is 0 Å². The molecule has 0 unspecified atom stereocenters. The van der Waals surface area contributed by atoms with E-state index in [4.69, 9.17) is 11.6 Å². The molecule has 24 heavy (non-hydrogen) atoms. The Bertz CT molecular complexity index is 736. The molecular weight excluding hydrogens is 349 g/mol. The van der Waals surface area contributed by atoms with Crippen molar-refractivity contribution in [3.63, 3.8) is 0 Å². The van der Waals surface area contributed by atoms with E-state index in [9.17, 15) is 18.0 Å². The molecule has 0 spiro atoms. The monoisotopic (exact) mass is 360 g/mol. The lowest BCUT2D eigenvalue weighted by Gasteiger charge is -2.34. The van der Waals surface area contributed by atoms with E-state index in [0.717, 1.165) is 4.90 Å². The van der Waals surface area contributed by atoms with Gasteiger partial charge in [-0.15, -0.1) is 10.2 Å². The first-order chi connectivity index (χ1) is 11.4. The van der Waals surface area contributed by atoms with Crippen LogP contribution < -0.4 is 0 Å². The van der Waals surface area contributed by atoms with Gasteiger partial charge in [0.1, 0.15) is 12.7 Å². The molecule has 0 bridgehead atoms. The van der Waals surface area contributed by atoms with Crippen LogP contribution in [0.2, 0.25) is 5.02 Å². The SMILES string of the molecule is O=C(c1ccc(-n2cnnc2)cc1Cl)N1CCO[C@@H](C(F)(F)F)C1. The average Bonchev–Trinajstić information content (AvgIpc) is 3.08. The molecule has 1 aliphatic rings. The molecule has 10 heteroatoms. The zero-order chi connectivity index (χ0) is 17.3. The zero-order valence-corrected chi connectivity index (χ0v) is 13.0. The number of carbonyl (C=O) groups is 1. The summed E-state index contributed by atoms with van der Waals surface area (Å²) in [5.74, 6) is -0.562. The van der Waals surface area contributed by atoms with Gasteiger partial charge in [0.25, 0.3) is 5.91 Å². The van der Waals surface area contributed by atoms with Gasteiger partial charge in [-0.25, -0.2) is 0 Å². The van der Waals surface area contributed by atoms with E-state index in [0.29, 0.717) is 5.69 Å². The smallest absolute Gasteiger partial charge is 0.365 e. The van der Waals surface area contributed by atoms with Crippen LogP contribution in [0.3, 0.4) is 0 Å². The highest BCUT2D eigenvalue weighted by Gasteiger charge is 2.44. The summed E-state index contributed by atoms with van der Waals surface area (Å²) >= 11 is 6.13. The summed E-state index contributed by atoms with van der Waals surface area (Å²) < 4.78 is 44.6. The van der Waals surface area contributed by atoms with Gasteiger partial charge in [-0.3, -0.25) is 9.36 Å². The van der Waals surface area contributed by atoms with Crippen LogP contribution in [0, 0.1) is 0 Å². The van der Waals surface area contributed by atoms with Gasteiger partial charge < -0.3 is 9.64 Å². The summed E-state index contributed by atoms with van der Waals surface area (Å²) in [6.07, 6.45) is -3.57. The third-order valence-electron chi connectivity index (χ3n) is 3.62. The van der Waals surface area contributed by atoms with Crippen LogP contribution in [0.1, 0.15) is 10.4 Å². The van der Waals surface area contributed by atoms with Gasteiger partial charge in [-0.1, -0.05) is 11.6 Å². The summed E-state index contributed by atoms with van der Waals surface area (Å²) in [5, 5.41) is 7.47. The number of alkyl halides is 3. The van der Waals surface area contributed by atoms with E-state index in [1.807, 2.05) is 0 Å². The fraction of sp³-hybridized carbons (Fsp3) is 0.357. The van der Waals surface area contributed by atoms with Crippen molar-refractivity contribution in [3.05, 3.63) is 41.4 Å². The largest absolute Gasteiger partial charge is 0.416 e. The summed E-state index contributed by atoms with van der Waals surface area (Å²) in [6, 6.07) is 4.61. The number of morpholine rings is 1. The lowest BCUT2D eigenvalue weighted by atomic mass is 10.1. The minimum Gasteiger partial charge on any atom is -0.365 e. The van der Waals surface area contributed by atoms with Crippen molar-refractivity contribution in [3.8, 4) is 5.69 Å². The summed E-state index contributed by atoms with van der Waals surface area (Å²) in [6.45, 7) is -0.646. The molecule has 128 valence electrons. The molecule has 1 aromatic carbocycles. The molecule has 1 aliphatic heterocycles. The lowest BCUT2D eigenvalue weighted by Crippen LogP contribution is -2.51. The van der Waals surface area contributed by atoms with Crippen molar-refractivity contribution in [1.82, 2.24) is 19.7 Å². The van der Waals surface area contributed by atoms with Gasteiger partial charge in [0.05, 0.1) is 23.7 Å². The number of benzene rings is 1. The number of rotatable bonds is 2. The Kier molecular flexibility index (Phi) is 4.46. The quantitative estimate of drug-likeness (QED) is 0.824. The van der Waals surface area contributed by atoms with E-state index < -0.39 is 24.7 Å². The Labute approximate surface area is 139 Å². The number of nitrogens with zero attached hydrogens (tertiary/aromatic N) is 4. The highest BCUT2D eigenvalue weighted by Crippen LogP contribution is 2.27. The van der Waals surface area contributed by atoms with Crippen molar-refractivity contribution in [2.45, 2.75) is 12.3 Å². The maximum atomic E-state index is 12.8. The average molecular weight is 361 g/mol. The minimum absolute atomic E-state index is 0.0783. The Morgan fingerprint density at radius 3 is 2.62 bits per heavy atom. The van der Waals surface area contributed by atoms with Crippen LogP contribution in [-0.2, 0) is 4.74 Å². The summed E-state index contributed by atoms with van der Waals surface area (Å²) in [5.41, 5.74) is 0.771. The van der Waals surface area contributed by atoms with Gasteiger partial charge in [0.2, 0.25) is 0 Å². The maximum absolute atomic E-state index is 12.8. The molecule has 1 saturated heterocycles. The van der Waals surface area contributed by atoms with Crippen LogP contribution in [0.5, 0.6) is 0 Å².